The molecule has 3 aromatic rings. The van der Waals surface area contributed by atoms with Crippen LogP contribution in [0.15, 0.2) is 53.2 Å². The van der Waals surface area contributed by atoms with Crippen molar-refractivity contribution in [3.63, 3.8) is 0 Å². The number of hydrogen-bond acceptors (Lipinski definition) is 5. The van der Waals surface area contributed by atoms with E-state index in [0.717, 1.165) is 16.5 Å². The van der Waals surface area contributed by atoms with E-state index in [1.807, 2.05) is 24.3 Å². The molecule has 3 rings (SSSR count). The van der Waals surface area contributed by atoms with Crippen molar-refractivity contribution in [2.75, 3.05) is 5.32 Å². The van der Waals surface area contributed by atoms with Crippen molar-refractivity contribution >= 4 is 22.3 Å². The van der Waals surface area contributed by atoms with E-state index in [9.17, 15) is 10.1 Å². The van der Waals surface area contributed by atoms with Crippen molar-refractivity contribution in [1.82, 2.24) is 4.98 Å². The molecule has 0 saturated heterocycles. The minimum Gasteiger partial charge on any atom is -0.404 e. The predicted molar refractivity (Wildman–Crippen MR) is 74.4 cm³/mol. The zero-order valence-corrected chi connectivity index (χ0v) is 10.4. The molecule has 0 amide bonds. The number of pyridine rings is 1. The average Bonchev–Trinajstić information content (AvgIpc) is 2.94. The van der Waals surface area contributed by atoms with Crippen LogP contribution >= 0.6 is 0 Å². The van der Waals surface area contributed by atoms with Crippen LogP contribution in [-0.2, 0) is 6.54 Å². The zero-order chi connectivity index (χ0) is 13.9. The van der Waals surface area contributed by atoms with Crippen molar-refractivity contribution in [3.05, 3.63) is 64.7 Å². The number of nitrogens with zero attached hydrogens (tertiary/aromatic N) is 2. The third kappa shape index (κ3) is 2.31. The molecule has 100 valence electrons. The van der Waals surface area contributed by atoms with Gasteiger partial charge in [-0.05, 0) is 18.2 Å². The molecule has 6 heteroatoms. The summed E-state index contributed by atoms with van der Waals surface area (Å²) in [5.41, 5.74) is 0.934. The van der Waals surface area contributed by atoms with E-state index in [-0.39, 0.29) is 5.88 Å². The van der Waals surface area contributed by atoms with Crippen molar-refractivity contribution in [2.45, 2.75) is 6.54 Å². The zero-order valence-electron chi connectivity index (χ0n) is 10.4. The van der Waals surface area contributed by atoms with Crippen molar-refractivity contribution in [3.8, 4) is 0 Å². The molecule has 0 spiro atoms. The van der Waals surface area contributed by atoms with Gasteiger partial charge < -0.3 is 9.73 Å². The predicted octanol–water partition coefficient (Wildman–Crippen LogP) is 3.35. The third-order valence-electron chi connectivity index (χ3n) is 2.96. The van der Waals surface area contributed by atoms with Gasteiger partial charge in [0.15, 0.2) is 0 Å². The lowest BCUT2D eigenvalue weighted by Crippen LogP contribution is -1.98. The molecule has 1 N–H and O–H groups in total. The SMILES string of the molecule is O=[N+]([O-])c1ccc(CNc2cccc3cnccc23)o1. The lowest BCUT2D eigenvalue weighted by Gasteiger charge is -2.07. The first-order chi connectivity index (χ1) is 9.74. The lowest BCUT2D eigenvalue weighted by molar-refractivity contribution is -0.402. The maximum Gasteiger partial charge on any atom is 0.433 e. The molecule has 1 aromatic carbocycles. The summed E-state index contributed by atoms with van der Waals surface area (Å²) < 4.78 is 5.10. The summed E-state index contributed by atoms with van der Waals surface area (Å²) >= 11 is 0. The normalized spacial score (nSPS) is 10.6. The summed E-state index contributed by atoms with van der Waals surface area (Å²) in [4.78, 5) is 14.1. The maximum absolute atomic E-state index is 10.5. The first-order valence-corrected chi connectivity index (χ1v) is 6.04. The van der Waals surface area contributed by atoms with Crippen molar-refractivity contribution < 1.29 is 9.34 Å². The Morgan fingerprint density at radius 2 is 2.15 bits per heavy atom. The smallest absolute Gasteiger partial charge is 0.404 e. The molecule has 0 aliphatic rings. The van der Waals surface area contributed by atoms with Crippen molar-refractivity contribution in [1.29, 1.82) is 0 Å². The number of nitrogens with one attached hydrogen (secondary N) is 1. The summed E-state index contributed by atoms with van der Waals surface area (Å²) in [5, 5.41) is 15.8. The Morgan fingerprint density at radius 3 is 2.95 bits per heavy atom. The highest BCUT2D eigenvalue weighted by Crippen LogP contribution is 2.23. The highest BCUT2D eigenvalue weighted by atomic mass is 16.6. The molecule has 0 atom stereocenters. The second-order valence-electron chi connectivity index (χ2n) is 4.25. The number of benzene rings is 1. The van der Waals surface area contributed by atoms with E-state index in [1.54, 1.807) is 18.5 Å². The number of aromatic nitrogens is 1. The summed E-state index contributed by atoms with van der Waals surface area (Å²) in [7, 11) is 0. The van der Waals surface area contributed by atoms with Gasteiger partial charge in [-0.1, -0.05) is 12.1 Å². The van der Waals surface area contributed by atoms with E-state index >= 15 is 0 Å². The number of anilines is 1. The van der Waals surface area contributed by atoms with Crippen molar-refractivity contribution in [2.24, 2.45) is 0 Å². The highest BCUT2D eigenvalue weighted by Gasteiger charge is 2.11. The highest BCUT2D eigenvalue weighted by molar-refractivity contribution is 5.93. The monoisotopic (exact) mass is 269 g/mol. The van der Waals surface area contributed by atoms with Gasteiger partial charge in [-0.15, -0.1) is 0 Å². The molecule has 6 nitrogen and oxygen atoms in total. The van der Waals surface area contributed by atoms with E-state index in [4.69, 9.17) is 4.42 Å². The maximum atomic E-state index is 10.5. The van der Waals surface area contributed by atoms with Gasteiger partial charge in [0, 0.05) is 28.9 Å². The van der Waals surface area contributed by atoms with Crippen LogP contribution in [0.5, 0.6) is 0 Å². The molecule has 0 unspecified atom stereocenters. The molecule has 2 heterocycles. The van der Waals surface area contributed by atoms with Gasteiger partial charge in [0.2, 0.25) is 0 Å². The molecule has 0 saturated carbocycles. The number of fused-ring (bicyclic) bond motifs is 1. The summed E-state index contributed by atoms with van der Waals surface area (Å²) in [6.45, 7) is 0.384. The molecule has 0 aliphatic carbocycles. The molecule has 0 bridgehead atoms. The largest absolute Gasteiger partial charge is 0.433 e. The first kappa shape index (κ1) is 12.2. The number of nitro groups is 1. The molecule has 2 aromatic heterocycles. The van der Waals surface area contributed by atoms with Gasteiger partial charge in [-0.2, -0.15) is 0 Å². The Kier molecular flexibility index (Phi) is 3.04. The van der Waals surface area contributed by atoms with Gasteiger partial charge >= 0.3 is 5.88 Å². The second kappa shape index (κ2) is 5.00. The quantitative estimate of drug-likeness (QED) is 0.580. The number of rotatable bonds is 4. The minimum absolute atomic E-state index is 0.246. The van der Waals surface area contributed by atoms with Crippen LogP contribution in [0.2, 0.25) is 0 Å². The fourth-order valence-corrected chi connectivity index (χ4v) is 2.02. The fraction of sp³-hybridized carbons (Fsp3) is 0.0714. The molecule has 20 heavy (non-hydrogen) atoms. The lowest BCUT2D eigenvalue weighted by atomic mass is 10.1. The van der Waals surface area contributed by atoms with Gasteiger partial charge in [-0.25, -0.2) is 0 Å². The Morgan fingerprint density at radius 1 is 1.25 bits per heavy atom. The van der Waals surface area contributed by atoms with Crippen LogP contribution in [0.1, 0.15) is 5.76 Å². The Bertz CT molecular complexity index is 762. The summed E-state index contributed by atoms with van der Waals surface area (Å²) in [6.07, 6.45) is 3.52. The topological polar surface area (TPSA) is 81.2 Å². The second-order valence-corrected chi connectivity index (χ2v) is 4.25. The van der Waals surface area contributed by atoms with Crippen LogP contribution < -0.4 is 5.32 Å². The standard InChI is InChI=1S/C14H11N3O3/c18-17(19)14-5-4-11(20-14)9-16-13-3-1-2-10-8-15-7-6-12(10)13/h1-8,16H,9H2. The van der Waals surface area contributed by atoms with Crippen LogP contribution in [0.25, 0.3) is 10.8 Å². The van der Waals surface area contributed by atoms with Gasteiger partial charge in [0.1, 0.15) is 10.7 Å². The van der Waals surface area contributed by atoms with E-state index in [0.29, 0.717) is 12.3 Å². The average molecular weight is 269 g/mol. The molecule has 0 aliphatic heterocycles. The molecular formula is C14H11N3O3. The number of furan rings is 1. The number of hydrogen-bond donors (Lipinski definition) is 1. The Labute approximate surface area is 114 Å². The van der Waals surface area contributed by atoms with Gasteiger partial charge in [-0.3, -0.25) is 15.1 Å². The fourth-order valence-electron chi connectivity index (χ4n) is 2.02. The van der Waals surface area contributed by atoms with Crippen LogP contribution in [0.3, 0.4) is 0 Å². The summed E-state index contributed by atoms with van der Waals surface area (Å²) in [5.74, 6) is 0.270. The van der Waals surface area contributed by atoms with E-state index < -0.39 is 4.92 Å². The van der Waals surface area contributed by atoms with Gasteiger partial charge in [0.25, 0.3) is 0 Å². The van der Waals surface area contributed by atoms with E-state index in [1.165, 1.54) is 6.07 Å². The molecular weight excluding hydrogens is 258 g/mol. The summed E-state index contributed by atoms with van der Waals surface area (Å²) in [6, 6.07) is 10.7. The van der Waals surface area contributed by atoms with Crippen LogP contribution in [0, 0.1) is 10.1 Å². The third-order valence-corrected chi connectivity index (χ3v) is 2.96. The van der Waals surface area contributed by atoms with Crippen LogP contribution in [0.4, 0.5) is 11.6 Å². The molecule has 0 radical (unpaired) electrons. The minimum atomic E-state index is -0.549. The Balaban J connectivity index is 1.81. The van der Waals surface area contributed by atoms with E-state index in [2.05, 4.69) is 10.3 Å². The Hall–Kier alpha value is -2.89. The molecule has 0 fully saturated rings. The van der Waals surface area contributed by atoms with Gasteiger partial charge in [0.05, 0.1) is 12.6 Å². The van der Waals surface area contributed by atoms with Crippen LogP contribution in [-0.4, -0.2) is 9.91 Å². The first-order valence-electron chi connectivity index (χ1n) is 6.04.